The van der Waals surface area contributed by atoms with E-state index in [-0.39, 0.29) is 30.7 Å². The second kappa shape index (κ2) is 10.1. The van der Waals surface area contributed by atoms with Crippen molar-refractivity contribution < 1.29 is 19.1 Å². The van der Waals surface area contributed by atoms with E-state index in [9.17, 15) is 14.4 Å². The van der Waals surface area contributed by atoms with E-state index in [1.165, 1.54) is 0 Å². The van der Waals surface area contributed by atoms with Gasteiger partial charge in [-0.1, -0.05) is 48.5 Å². The highest BCUT2D eigenvalue weighted by Gasteiger charge is 2.53. The molecule has 0 radical (unpaired) electrons. The molecular formula is C28H35N3O4. The summed E-state index contributed by atoms with van der Waals surface area (Å²) in [5.41, 5.74) is 0.521. The Hall–Kier alpha value is -3.35. The first-order chi connectivity index (χ1) is 16.7. The van der Waals surface area contributed by atoms with Gasteiger partial charge < -0.3 is 19.9 Å². The molecule has 2 saturated heterocycles. The molecule has 35 heavy (non-hydrogen) atoms. The molecule has 0 aromatic heterocycles. The van der Waals surface area contributed by atoms with E-state index in [2.05, 4.69) is 22.3 Å². The van der Waals surface area contributed by atoms with E-state index in [0.717, 1.165) is 11.3 Å². The van der Waals surface area contributed by atoms with Gasteiger partial charge in [0.1, 0.15) is 17.2 Å². The van der Waals surface area contributed by atoms with Crippen molar-refractivity contribution in [2.24, 2.45) is 0 Å². The number of amides is 2. The van der Waals surface area contributed by atoms with Crippen molar-refractivity contribution in [1.29, 1.82) is 0 Å². The van der Waals surface area contributed by atoms with E-state index >= 15 is 0 Å². The lowest BCUT2D eigenvalue weighted by Gasteiger charge is -2.52. The molecule has 2 fully saturated rings. The minimum Gasteiger partial charge on any atom is -0.460 e. The minimum absolute atomic E-state index is 0.0541. The molecule has 2 aliphatic rings. The number of ether oxygens (including phenoxy) is 1. The van der Waals surface area contributed by atoms with Gasteiger partial charge in [0.15, 0.2) is 0 Å². The Balaban J connectivity index is 1.54. The van der Waals surface area contributed by atoms with Crippen LogP contribution in [0.5, 0.6) is 0 Å². The average Bonchev–Trinajstić information content (AvgIpc) is 2.83. The van der Waals surface area contributed by atoms with Crippen LogP contribution in [0.25, 0.3) is 0 Å². The molecule has 1 unspecified atom stereocenters. The van der Waals surface area contributed by atoms with Gasteiger partial charge in [-0.3, -0.25) is 14.4 Å². The van der Waals surface area contributed by atoms with Crippen molar-refractivity contribution in [3.63, 3.8) is 0 Å². The van der Waals surface area contributed by atoms with Crippen molar-refractivity contribution in [2.45, 2.75) is 63.6 Å². The van der Waals surface area contributed by atoms with Crippen molar-refractivity contribution in [1.82, 2.24) is 10.2 Å². The molecule has 2 heterocycles. The maximum Gasteiger partial charge on any atom is 0.308 e. The van der Waals surface area contributed by atoms with Crippen LogP contribution in [0.2, 0.25) is 0 Å². The molecule has 1 N–H and O–H groups in total. The summed E-state index contributed by atoms with van der Waals surface area (Å²) in [5.74, 6) is -0.632. The van der Waals surface area contributed by atoms with E-state index in [0.29, 0.717) is 32.4 Å². The van der Waals surface area contributed by atoms with Crippen LogP contribution in [0.1, 0.15) is 45.6 Å². The smallest absolute Gasteiger partial charge is 0.308 e. The van der Waals surface area contributed by atoms with E-state index in [1.807, 2.05) is 69.3 Å². The summed E-state index contributed by atoms with van der Waals surface area (Å²) in [6.07, 6.45) is 1.48. The SMILES string of the molecule is CC(C)(C)OC(=O)CCN1C(=O)C(Cc2ccccc2)NC(=O)C12CCN(c1ccccc1)CC2. The van der Waals surface area contributed by atoms with Crippen molar-refractivity contribution >= 4 is 23.5 Å². The molecule has 0 aliphatic carbocycles. The second-order valence-electron chi connectivity index (χ2n) is 10.4. The molecule has 7 heteroatoms. The minimum atomic E-state index is -0.961. The Labute approximate surface area is 207 Å². The monoisotopic (exact) mass is 477 g/mol. The highest BCUT2D eigenvalue weighted by molar-refractivity contribution is 6.00. The molecule has 2 aliphatic heterocycles. The molecule has 0 saturated carbocycles. The first kappa shape index (κ1) is 24.8. The zero-order chi connectivity index (χ0) is 25.1. The lowest BCUT2D eigenvalue weighted by Crippen LogP contribution is -2.73. The number of hydrogen-bond donors (Lipinski definition) is 1. The maximum atomic E-state index is 13.7. The number of piperazine rings is 1. The quantitative estimate of drug-likeness (QED) is 0.646. The van der Waals surface area contributed by atoms with Gasteiger partial charge in [0.2, 0.25) is 11.8 Å². The third-order valence-corrected chi connectivity index (χ3v) is 6.76. The fourth-order valence-corrected chi connectivity index (χ4v) is 5.05. The van der Waals surface area contributed by atoms with Gasteiger partial charge in [-0.25, -0.2) is 0 Å². The summed E-state index contributed by atoms with van der Waals surface area (Å²) in [5, 5.41) is 3.02. The Morgan fingerprint density at radius 1 is 1.00 bits per heavy atom. The van der Waals surface area contributed by atoms with Gasteiger partial charge in [-0.2, -0.15) is 0 Å². The van der Waals surface area contributed by atoms with Crippen molar-refractivity contribution in [2.75, 3.05) is 24.5 Å². The molecule has 186 valence electrons. The van der Waals surface area contributed by atoms with Crippen LogP contribution in [-0.4, -0.2) is 59.5 Å². The summed E-state index contributed by atoms with van der Waals surface area (Å²) < 4.78 is 5.48. The number of piperidine rings is 1. The Kier molecular flexibility index (Phi) is 7.15. The number of carbonyl (C=O) groups is 3. The largest absolute Gasteiger partial charge is 0.460 e. The van der Waals surface area contributed by atoms with E-state index < -0.39 is 17.2 Å². The number of nitrogens with zero attached hydrogens (tertiary/aromatic N) is 2. The predicted octanol–water partition coefficient (Wildman–Crippen LogP) is 3.33. The van der Waals surface area contributed by atoms with Crippen LogP contribution >= 0.6 is 0 Å². The van der Waals surface area contributed by atoms with Gasteiger partial charge in [-0.15, -0.1) is 0 Å². The maximum absolute atomic E-state index is 13.7. The van der Waals surface area contributed by atoms with Gasteiger partial charge in [0.25, 0.3) is 0 Å². The van der Waals surface area contributed by atoms with E-state index in [4.69, 9.17) is 4.74 Å². The lowest BCUT2D eigenvalue weighted by atomic mass is 9.81. The first-order valence-corrected chi connectivity index (χ1v) is 12.4. The first-order valence-electron chi connectivity index (χ1n) is 12.4. The number of rotatable bonds is 6. The molecule has 1 atom stereocenters. The standard InChI is InChI=1S/C28H35N3O4/c1-27(2,3)35-24(32)14-17-31-25(33)23(20-21-10-6-4-7-11-21)29-26(34)28(31)15-18-30(19-16-28)22-12-8-5-9-13-22/h4-13,23H,14-20H2,1-3H3,(H,29,34). The third kappa shape index (κ3) is 5.66. The van der Waals surface area contributed by atoms with Crippen molar-refractivity contribution in [3.05, 3.63) is 66.2 Å². The number of esters is 1. The molecule has 2 aromatic rings. The fraction of sp³-hybridized carbons (Fsp3) is 0.464. The average molecular weight is 478 g/mol. The molecule has 0 bridgehead atoms. The molecule has 1 spiro atoms. The Morgan fingerprint density at radius 3 is 2.20 bits per heavy atom. The van der Waals surface area contributed by atoms with Crippen molar-refractivity contribution in [3.8, 4) is 0 Å². The summed E-state index contributed by atoms with van der Waals surface area (Å²) in [6, 6.07) is 19.1. The summed E-state index contributed by atoms with van der Waals surface area (Å²) in [4.78, 5) is 43.8. The molecule has 2 amide bonds. The molecule has 2 aromatic carbocycles. The van der Waals surface area contributed by atoms with Crippen LogP contribution in [0.4, 0.5) is 5.69 Å². The number of hydrogen-bond acceptors (Lipinski definition) is 5. The summed E-state index contributed by atoms with van der Waals surface area (Å²) >= 11 is 0. The third-order valence-electron chi connectivity index (χ3n) is 6.76. The number of carbonyl (C=O) groups excluding carboxylic acids is 3. The van der Waals surface area contributed by atoms with Crippen LogP contribution < -0.4 is 10.2 Å². The predicted molar refractivity (Wildman–Crippen MR) is 135 cm³/mol. The fourth-order valence-electron chi connectivity index (χ4n) is 5.05. The Morgan fingerprint density at radius 2 is 1.60 bits per heavy atom. The van der Waals surface area contributed by atoms with Gasteiger partial charge in [0.05, 0.1) is 6.42 Å². The Bertz CT molecular complexity index is 1040. The summed E-state index contributed by atoms with van der Waals surface area (Å²) in [7, 11) is 0. The highest BCUT2D eigenvalue weighted by atomic mass is 16.6. The zero-order valence-electron chi connectivity index (χ0n) is 20.8. The number of nitrogens with one attached hydrogen (secondary N) is 1. The second-order valence-corrected chi connectivity index (χ2v) is 10.4. The topological polar surface area (TPSA) is 79.0 Å². The number of benzene rings is 2. The van der Waals surface area contributed by atoms with Crippen LogP contribution in [0, 0.1) is 0 Å². The normalized spacial score (nSPS) is 20.0. The van der Waals surface area contributed by atoms with Crippen LogP contribution in [0.15, 0.2) is 60.7 Å². The number of para-hydroxylation sites is 1. The summed E-state index contributed by atoms with van der Waals surface area (Å²) in [6.45, 7) is 6.93. The number of anilines is 1. The highest BCUT2D eigenvalue weighted by Crippen LogP contribution is 2.35. The molecule has 7 nitrogen and oxygen atoms in total. The van der Waals surface area contributed by atoms with Crippen LogP contribution in [-0.2, 0) is 25.5 Å². The van der Waals surface area contributed by atoms with Gasteiger partial charge in [0, 0.05) is 31.7 Å². The van der Waals surface area contributed by atoms with Gasteiger partial charge in [-0.05, 0) is 51.3 Å². The molecular weight excluding hydrogens is 442 g/mol. The molecule has 4 rings (SSSR count). The van der Waals surface area contributed by atoms with Gasteiger partial charge >= 0.3 is 5.97 Å². The van der Waals surface area contributed by atoms with E-state index in [1.54, 1.807) is 4.90 Å². The lowest BCUT2D eigenvalue weighted by molar-refractivity contribution is -0.163. The zero-order valence-corrected chi connectivity index (χ0v) is 20.8. The van der Waals surface area contributed by atoms with Crippen LogP contribution in [0.3, 0.4) is 0 Å².